The molecule has 1 atom stereocenters. The van der Waals surface area contributed by atoms with Crippen LogP contribution in [0.4, 0.5) is 8.78 Å². The molecule has 0 heterocycles. The van der Waals surface area contributed by atoms with Gasteiger partial charge < -0.3 is 20.3 Å². The molecule has 17 heavy (non-hydrogen) atoms. The fraction of sp³-hybridized carbons (Fsp3) is 0.300. The van der Waals surface area contributed by atoms with Gasteiger partial charge in [0.25, 0.3) is 0 Å². The summed E-state index contributed by atoms with van der Waals surface area (Å²) in [5.41, 5.74) is 4.85. The highest BCUT2D eigenvalue weighted by molar-refractivity contribution is 5.75. The standard InChI is InChI=1S/C10H11F2NO4/c1-16-5-3-4(8(13)10(14)15)6(11)9(17-2)7(5)12/h3,8H,13H2,1-2H3,(H,14,15). The lowest BCUT2D eigenvalue weighted by Crippen LogP contribution is -2.22. The molecule has 0 bridgehead atoms. The van der Waals surface area contributed by atoms with Crippen molar-refractivity contribution in [1.29, 1.82) is 0 Å². The molecule has 0 saturated heterocycles. The van der Waals surface area contributed by atoms with Crippen molar-refractivity contribution in [2.45, 2.75) is 6.04 Å². The van der Waals surface area contributed by atoms with Gasteiger partial charge in [-0.3, -0.25) is 4.79 Å². The van der Waals surface area contributed by atoms with E-state index in [0.29, 0.717) is 0 Å². The van der Waals surface area contributed by atoms with E-state index in [4.69, 9.17) is 10.8 Å². The van der Waals surface area contributed by atoms with Crippen LogP contribution in [0.15, 0.2) is 6.07 Å². The molecule has 0 spiro atoms. The van der Waals surface area contributed by atoms with Crippen molar-refractivity contribution in [2.75, 3.05) is 14.2 Å². The lowest BCUT2D eigenvalue weighted by molar-refractivity contribution is -0.138. The summed E-state index contributed by atoms with van der Waals surface area (Å²) in [6.07, 6.45) is 0. The fourth-order valence-corrected chi connectivity index (χ4v) is 1.29. The number of carboxylic acid groups (broad SMARTS) is 1. The Balaban J connectivity index is 3.46. The molecule has 5 nitrogen and oxygen atoms in total. The van der Waals surface area contributed by atoms with Crippen LogP contribution >= 0.6 is 0 Å². The second-order valence-electron chi connectivity index (χ2n) is 3.15. The van der Waals surface area contributed by atoms with Crippen LogP contribution in [-0.4, -0.2) is 25.3 Å². The Kier molecular flexibility index (Phi) is 3.84. The first-order chi connectivity index (χ1) is 7.93. The molecule has 1 aromatic carbocycles. The number of methoxy groups -OCH3 is 2. The highest BCUT2D eigenvalue weighted by Crippen LogP contribution is 2.34. The summed E-state index contributed by atoms with van der Waals surface area (Å²) in [4.78, 5) is 10.7. The molecule has 0 aromatic heterocycles. The van der Waals surface area contributed by atoms with E-state index in [0.717, 1.165) is 20.3 Å². The Hall–Kier alpha value is -1.89. The van der Waals surface area contributed by atoms with E-state index < -0.39 is 35.0 Å². The molecule has 3 N–H and O–H groups in total. The summed E-state index contributed by atoms with van der Waals surface area (Å²) < 4.78 is 36.4. The lowest BCUT2D eigenvalue weighted by Gasteiger charge is -2.14. The van der Waals surface area contributed by atoms with Crippen molar-refractivity contribution in [3.8, 4) is 11.5 Å². The van der Waals surface area contributed by atoms with Crippen LogP contribution in [0.3, 0.4) is 0 Å². The molecule has 0 saturated carbocycles. The lowest BCUT2D eigenvalue weighted by atomic mass is 10.1. The third-order valence-corrected chi connectivity index (χ3v) is 2.18. The maximum atomic E-state index is 13.7. The molecule has 0 aliphatic carbocycles. The summed E-state index contributed by atoms with van der Waals surface area (Å²) in [6.45, 7) is 0. The maximum absolute atomic E-state index is 13.7. The molecule has 1 aromatic rings. The maximum Gasteiger partial charge on any atom is 0.325 e. The Morgan fingerprint density at radius 1 is 1.35 bits per heavy atom. The van der Waals surface area contributed by atoms with Crippen LogP contribution in [0.1, 0.15) is 11.6 Å². The summed E-state index contributed by atoms with van der Waals surface area (Å²) in [6, 6.07) is -0.732. The minimum Gasteiger partial charge on any atom is -0.494 e. The summed E-state index contributed by atoms with van der Waals surface area (Å²) in [5, 5.41) is 8.69. The second-order valence-corrected chi connectivity index (χ2v) is 3.15. The fourth-order valence-electron chi connectivity index (χ4n) is 1.29. The zero-order valence-corrected chi connectivity index (χ0v) is 9.16. The van der Waals surface area contributed by atoms with Crippen LogP contribution in [0, 0.1) is 11.6 Å². The number of aliphatic carboxylic acids is 1. The van der Waals surface area contributed by atoms with E-state index in [1.165, 1.54) is 0 Å². The van der Waals surface area contributed by atoms with Crippen LogP contribution in [-0.2, 0) is 4.79 Å². The van der Waals surface area contributed by atoms with Gasteiger partial charge in [-0.15, -0.1) is 0 Å². The summed E-state index contributed by atoms with van der Waals surface area (Å²) in [7, 11) is 2.21. The molecular weight excluding hydrogens is 236 g/mol. The second kappa shape index (κ2) is 4.96. The molecular formula is C10H11F2NO4. The van der Waals surface area contributed by atoms with Gasteiger partial charge in [-0.1, -0.05) is 0 Å². The minimum atomic E-state index is -1.63. The molecule has 0 fully saturated rings. The summed E-state index contributed by atoms with van der Waals surface area (Å²) in [5.74, 6) is -4.71. The van der Waals surface area contributed by atoms with Gasteiger partial charge in [0.1, 0.15) is 6.04 Å². The van der Waals surface area contributed by atoms with Crippen molar-refractivity contribution < 1.29 is 28.2 Å². The molecule has 0 amide bonds. The van der Waals surface area contributed by atoms with Gasteiger partial charge in [-0.2, -0.15) is 4.39 Å². The number of carboxylic acids is 1. The quantitative estimate of drug-likeness (QED) is 0.831. The van der Waals surface area contributed by atoms with Crippen molar-refractivity contribution in [3.05, 3.63) is 23.3 Å². The number of carbonyl (C=O) groups is 1. The molecule has 1 unspecified atom stereocenters. The van der Waals surface area contributed by atoms with Crippen molar-refractivity contribution in [3.63, 3.8) is 0 Å². The van der Waals surface area contributed by atoms with Gasteiger partial charge in [0, 0.05) is 5.56 Å². The third kappa shape index (κ3) is 2.28. The Bertz CT molecular complexity index is 450. The molecule has 7 heteroatoms. The number of nitrogens with two attached hydrogens (primary N) is 1. The van der Waals surface area contributed by atoms with Crippen LogP contribution in [0.25, 0.3) is 0 Å². The van der Waals surface area contributed by atoms with Gasteiger partial charge in [0.15, 0.2) is 17.3 Å². The van der Waals surface area contributed by atoms with Gasteiger partial charge in [0.05, 0.1) is 14.2 Å². The Labute approximate surface area is 95.7 Å². The van der Waals surface area contributed by atoms with Gasteiger partial charge in [-0.05, 0) is 6.07 Å². The molecule has 1 rings (SSSR count). The number of halogens is 2. The van der Waals surface area contributed by atoms with E-state index in [1.807, 2.05) is 0 Å². The number of benzene rings is 1. The van der Waals surface area contributed by atoms with Crippen LogP contribution in [0.2, 0.25) is 0 Å². The van der Waals surface area contributed by atoms with Gasteiger partial charge >= 0.3 is 5.97 Å². The van der Waals surface area contributed by atoms with E-state index in [9.17, 15) is 13.6 Å². The normalized spacial score (nSPS) is 12.1. The van der Waals surface area contributed by atoms with E-state index in [-0.39, 0.29) is 5.75 Å². The third-order valence-electron chi connectivity index (χ3n) is 2.18. The Morgan fingerprint density at radius 3 is 2.35 bits per heavy atom. The largest absolute Gasteiger partial charge is 0.494 e. The summed E-state index contributed by atoms with van der Waals surface area (Å²) >= 11 is 0. The van der Waals surface area contributed by atoms with Crippen molar-refractivity contribution >= 4 is 5.97 Å². The zero-order chi connectivity index (χ0) is 13.2. The number of hydrogen-bond donors (Lipinski definition) is 2. The van der Waals surface area contributed by atoms with Crippen molar-refractivity contribution in [2.24, 2.45) is 5.73 Å². The van der Waals surface area contributed by atoms with E-state index in [2.05, 4.69) is 9.47 Å². The number of ether oxygens (including phenoxy) is 2. The topological polar surface area (TPSA) is 81.8 Å². The van der Waals surface area contributed by atoms with Crippen molar-refractivity contribution in [1.82, 2.24) is 0 Å². The molecule has 0 aliphatic heterocycles. The van der Waals surface area contributed by atoms with Crippen LogP contribution < -0.4 is 15.2 Å². The zero-order valence-electron chi connectivity index (χ0n) is 9.16. The first-order valence-electron chi connectivity index (χ1n) is 4.52. The number of rotatable bonds is 4. The van der Waals surface area contributed by atoms with E-state index in [1.54, 1.807) is 0 Å². The van der Waals surface area contributed by atoms with Crippen LogP contribution in [0.5, 0.6) is 11.5 Å². The van der Waals surface area contributed by atoms with Gasteiger partial charge in [0.2, 0.25) is 5.82 Å². The minimum absolute atomic E-state index is 0.338. The first kappa shape index (κ1) is 13.2. The highest BCUT2D eigenvalue weighted by atomic mass is 19.1. The highest BCUT2D eigenvalue weighted by Gasteiger charge is 2.26. The average Bonchev–Trinajstić information content (AvgIpc) is 2.29. The van der Waals surface area contributed by atoms with E-state index >= 15 is 0 Å². The number of hydrogen-bond acceptors (Lipinski definition) is 4. The predicted octanol–water partition coefficient (Wildman–Crippen LogP) is 1.07. The molecule has 0 radical (unpaired) electrons. The first-order valence-corrected chi connectivity index (χ1v) is 4.52. The smallest absolute Gasteiger partial charge is 0.325 e. The Morgan fingerprint density at radius 2 is 1.94 bits per heavy atom. The molecule has 94 valence electrons. The monoisotopic (exact) mass is 247 g/mol. The SMILES string of the molecule is COc1cc(C(N)C(=O)O)c(F)c(OC)c1F. The predicted molar refractivity (Wildman–Crippen MR) is 54.0 cm³/mol. The molecule has 0 aliphatic rings. The van der Waals surface area contributed by atoms with Gasteiger partial charge in [-0.25, -0.2) is 4.39 Å². The average molecular weight is 247 g/mol.